The summed E-state index contributed by atoms with van der Waals surface area (Å²) in [6.07, 6.45) is 5.46. The van der Waals surface area contributed by atoms with Crippen LogP contribution in [-0.2, 0) is 0 Å². The van der Waals surface area contributed by atoms with E-state index in [1.165, 1.54) is 19.3 Å². The lowest BCUT2D eigenvalue weighted by atomic mass is 9.93. The molecule has 0 unspecified atom stereocenters. The highest BCUT2D eigenvalue weighted by Gasteiger charge is 2.17. The molecule has 0 spiro atoms. The average Bonchev–Trinajstić information content (AvgIpc) is 2.11. The molecule has 1 aliphatic rings. The van der Waals surface area contributed by atoms with Gasteiger partial charge in [0, 0.05) is 18.2 Å². The van der Waals surface area contributed by atoms with Crippen LogP contribution in [0.4, 0.5) is 11.6 Å². The third-order valence-electron chi connectivity index (χ3n) is 2.56. The SMILES string of the molecule is CC(C)Nc1cc(NC2CCC2)ncn1. The fourth-order valence-corrected chi connectivity index (χ4v) is 1.57. The highest BCUT2D eigenvalue weighted by atomic mass is 15.1. The van der Waals surface area contributed by atoms with Gasteiger partial charge in [-0.05, 0) is 33.1 Å². The van der Waals surface area contributed by atoms with E-state index < -0.39 is 0 Å². The molecule has 0 aromatic carbocycles. The van der Waals surface area contributed by atoms with Gasteiger partial charge in [-0.15, -0.1) is 0 Å². The van der Waals surface area contributed by atoms with Gasteiger partial charge in [0.25, 0.3) is 0 Å². The van der Waals surface area contributed by atoms with E-state index in [9.17, 15) is 0 Å². The molecular formula is C11H18N4. The Morgan fingerprint density at radius 1 is 1.27 bits per heavy atom. The minimum Gasteiger partial charge on any atom is -0.368 e. The maximum Gasteiger partial charge on any atom is 0.131 e. The van der Waals surface area contributed by atoms with Crippen LogP contribution in [0, 0.1) is 0 Å². The summed E-state index contributed by atoms with van der Waals surface area (Å²) in [6, 6.07) is 2.99. The van der Waals surface area contributed by atoms with Gasteiger partial charge < -0.3 is 10.6 Å². The van der Waals surface area contributed by atoms with Gasteiger partial charge >= 0.3 is 0 Å². The molecule has 15 heavy (non-hydrogen) atoms. The zero-order chi connectivity index (χ0) is 10.7. The normalized spacial score (nSPS) is 16.2. The summed E-state index contributed by atoms with van der Waals surface area (Å²) in [5, 5.41) is 6.66. The molecule has 4 heteroatoms. The molecule has 2 rings (SSSR count). The van der Waals surface area contributed by atoms with E-state index in [-0.39, 0.29) is 0 Å². The van der Waals surface area contributed by atoms with Crippen molar-refractivity contribution in [3.05, 3.63) is 12.4 Å². The Morgan fingerprint density at radius 3 is 2.60 bits per heavy atom. The van der Waals surface area contributed by atoms with Crippen LogP contribution in [-0.4, -0.2) is 22.1 Å². The summed E-state index contributed by atoms with van der Waals surface area (Å²) in [4.78, 5) is 8.37. The summed E-state index contributed by atoms with van der Waals surface area (Å²) in [6.45, 7) is 4.20. The first-order valence-corrected chi connectivity index (χ1v) is 5.59. The number of anilines is 2. The zero-order valence-electron chi connectivity index (χ0n) is 9.33. The topological polar surface area (TPSA) is 49.8 Å². The zero-order valence-corrected chi connectivity index (χ0v) is 9.33. The van der Waals surface area contributed by atoms with Crippen LogP contribution in [0.5, 0.6) is 0 Å². The van der Waals surface area contributed by atoms with Crippen molar-refractivity contribution in [2.75, 3.05) is 10.6 Å². The van der Waals surface area contributed by atoms with Crippen molar-refractivity contribution in [3.8, 4) is 0 Å². The number of hydrogen-bond donors (Lipinski definition) is 2. The van der Waals surface area contributed by atoms with Gasteiger partial charge in [-0.3, -0.25) is 0 Å². The molecule has 0 amide bonds. The lowest BCUT2D eigenvalue weighted by molar-refractivity contribution is 0.444. The Balaban J connectivity index is 1.98. The molecular weight excluding hydrogens is 188 g/mol. The van der Waals surface area contributed by atoms with Crippen molar-refractivity contribution >= 4 is 11.6 Å². The van der Waals surface area contributed by atoms with Crippen LogP contribution in [0.15, 0.2) is 12.4 Å². The fourth-order valence-electron chi connectivity index (χ4n) is 1.57. The molecule has 4 nitrogen and oxygen atoms in total. The quantitative estimate of drug-likeness (QED) is 0.793. The van der Waals surface area contributed by atoms with Gasteiger partial charge in [-0.1, -0.05) is 0 Å². The summed E-state index contributed by atoms with van der Waals surface area (Å²) in [5.41, 5.74) is 0. The van der Waals surface area contributed by atoms with Crippen molar-refractivity contribution in [1.82, 2.24) is 9.97 Å². The second-order valence-corrected chi connectivity index (χ2v) is 4.36. The molecule has 1 aliphatic carbocycles. The van der Waals surface area contributed by atoms with E-state index in [2.05, 4.69) is 34.4 Å². The van der Waals surface area contributed by atoms with Crippen LogP contribution in [0.1, 0.15) is 33.1 Å². The molecule has 1 aromatic heterocycles. The molecule has 0 radical (unpaired) electrons. The van der Waals surface area contributed by atoms with Crippen molar-refractivity contribution in [3.63, 3.8) is 0 Å². The van der Waals surface area contributed by atoms with Crippen molar-refractivity contribution in [1.29, 1.82) is 0 Å². The second kappa shape index (κ2) is 4.47. The van der Waals surface area contributed by atoms with Crippen LogP contribution in [0.3, 0.4) is 0 Å². The third kappa shape index (κ3) is 2.81. The first kappa shape index (κ1) is 10.2. The van der Waals surface area contributed by atoms with E-state index in [1.54, 1.807) is 6.33 Å². The van der Waals surface area contributed by atoms with E-state index in [0.29, 0.717) is 12.1 Å². The van der Waals surface area contributed by atoms with Crippen LogP contribution >= 0.6 is 0 Å². The number of hydrogen-bond acceptors (Lipinski definition) is 4. The Hall–Kier alpha value is -1.32. The average molecular weight is 206 g/mol. The largest absolute Gasteiger partial charge is 0.368 e. The predicted octanol–water partition coefficient (Wildman–Crippen LogP) is 2.26. The van der Waals surface area contributed by atoms with E-state index >= 15 is 0 Å². The molecule has 1 saturated carbocycles. The standard InChI is InChI=1S/C11H18N4/c1-8(2)14-10-6-11(13-7-12-10)15-9-4-3-5-9/h6-9H,3-5H2,1-2H3,(H2,12,13,14,15). The van der Waals surface area contributed by atoms with Gasteiger partial charge in [0.05, 0.1) is 0 Å². The monoisotopic (exact) mass is 206 g/mol. The number of aromatic nitrogens is 2. The first-order valence-electron chi connectivity index (χ1n) is 5.59. The minimum atomic E-state index is 0.399. The Bertz CT molecular complexity index is 320. The van der Waals surface area contributed by atoms with Gasteiger partial charge in [0.1, 0.15) is 18.0 Å². The Kier molecular flexibility index (Phi) is 3.04. The third-order valence-corrected chi connectivity index (χ3v) is 2.56. The van der Waals surface area contributed by atoms with Crippen LogP contribution in [0.25, 0.3) is 0 Å². The summed E-state index contributed by atoms with van der Waals surface area (Å²) >= 11 is 0. The molecule has 82 valence electrons. The van der Waals surface area contributed by atoms with Gasteiger partial charge in [0.2, 0.25) is 0 Å². The van der Waals surface area contributed by atoms with Crippen molar-refractivity contribution < 1.29 is 0 Å². The molecule has 1 aromatic rings. The Labute approximate surface area is 90.5 Å². The van der Waals surface area contributed by atoms with Crippen molar-refractivity contribution in [2.24, 2.45) is 0 Å². The molecule has 0 aliphatic heterocycles. The number of nitrogens with one attached hydrogen (secondary N) is 2. The lowest BCUT2D eigenvalue weighted by Crippen LogP contribution is -2.27. The van der Waals surface area contributed by atoms with Crippen molar-refractivity contribution in [2.45, 2.75) is 45.2 Å². The lowest BCUT2D eigenvalue weighted by Gasteiger charge is -2.26. The summed E-state index contributed by atoms with van der Waals surface area (Å²) in [5.74, 6) is 1.82. The highest BCUT2D eigenvalue weighted by Crippen LogP contribution is 2.22. The first-order chi connectivity index (χ1) is 7.24. The fraction of sp³-hybridized carbons (Fsp3) is 0.636. The maximum atomic E-state index is 4.21. The summed E-state index contributed by atoms with van der Waals surface area (Å²) < 4.78 is 0. The molecule has 0 atom stereocenters. The maximum absolute atomic E-state index is 4.21. The van der Waals surface area contributed by atoms with E-state index in [4.69, 9.17) is 0 Å². The second-order valence-electron chi connectivity index (χ2n) is 4.36. The molecule has 1 heterocycles. The van der Waals surface area contributed by atoms with Gasteiger partial charge in [0.15, 0.2) is 0 Å². The van der Waals surface area contributed by atoms with Crippen LogP contribution < -0.4 is 10.6 Å². The van der Waals surface area contributed by atoms with Crippen LogP contribution in [0.2, 0.25) is 0 Å². The predicted molar refractivity (Wildman–Crippen MR) is 62.1 cm³/mol. The number of nitrogens with zero attached hydrogens (tertiary/aromatic N) is 2. The smallest absolute Gasteiger partial charge is 0.131 e. The molecule has 1 fully saturated rings. The Morgan fingerprint density at radius 2 is 2.00 bits per heavy atom. The van der Waals surface area contributed by atoms with E-state index in [0.717, 1.165) is 11.6 Å². The summed E-state index contributed by atoms with van der Waals surface area (Å²) in [7, 11) is 0. The molecule has 0 saturated heterocycles. The molecule has 2 N–H and O–H groups in total. The highest BCUT2D eigenvalue weighted by molar-refractivity contribution is 5.47. The van der Waals surface area contributed by atoms with E-state index in [1.807, 2.05) is 6.07 Å². The minimum absolute atomic E-state index is 0.399. The van der Waals surface area contributed by atoms with Gasteiger partial charge in [-0.2, -0.15) is 0 Å². The molecule has 0 bridgehead atoms. The number of rotatable bonds is 4. The van der Waals surface area contributed by atoms with Gasteiger partial charge in [-0.25, -0.2) is 9.97 Å².